The Hall–Kier alpha value is -0.0800. The van der Waals surface area contributed by atoms with Gasteiger partial charge in [0.05, 0.1) is 0 Å². The molecule has 0 aromatic rings. The van der Waals surface area contributed by atoms with Crippen LogP contribution >= 0.6 is 0 Å². The third-order valence-electron chi connectivity index (χ3n) is 2.85. The van der Waals surface area contributed by atoms with Crippen LogP contribution in [-0.2, 0) is 4.74 Å². The molecule has 1 rings (SSSR count). The molecular formula is C11H22NO. The summed E-state index contributed by atoms with van der Waals surface area (Å²) in [5.74, 6) is 0. The molecule has 1 aliphatic heterocycles. The maximum absolute atomic E-state index is 5.13. The van der Waals surface area contributed by atoms with Crippen molar-refractivity contribution in [2.24, 2.45) is 0 Å². The van der Waals surface area contributed by atoms with E-state index in [0.29, 0.717) is 0 Å². The molecular weight excluding hydrogens is 162 g/mol. The van der Waals surface area contributed by atoms with Crippen LogP contribution in [0.1, 0.15) is 32.1 Å². The minimum absolute atomic E-state index is 0.760. The molecule has 1 heterocycles. The third-order valence-corrected chi connectivity index (χ3v) is 2.85. The fourth-order valence-electron chi connectivity index (χ4n) is 2.14. The molecule has 0 saturated carbocycles. The van der Waals surface area contributed by atoms with Crippen LogP contribution in [0.2, 0.25) is 0 Å². The summed E-state index contributed by atoms with van der Waals surface area (Å²) in [6.45, 7) is 7.25. The first-order valence-corrected chi connectivity index (χ1v) is 5.40. The van der Waals surface area contributed by atoms with E-state index in [2.05, 4.69) is 11.8 Å². The molecule has 1 radical (unpaired) electrons. The molecule has 2 nitrogen and oxygen atoms in total. The fourth-order valence-corrected chi connectivity index (χ4v) is 2.14. The topological polar surface area (TPSA) is 12.5 Å². The van der Waals surface area contributed by atoms with Crippen LogP contribution in [0, 0.1) is 6.92 Å². The average Bonchev–Trinajstić information content (AvgIpc) is 2.17. The van der Waals surface area contributed by atoms with Gasteiger partial charge < -0.3 is 9.64 Å². The zero-order chi connectivity index (χ0) is 9.52. The van der Waals surface area contributed by atoms with Crippen molar-refractivity contribution in [2.75, 3.05) is 26.8 Å². The molecule has 1 fully saturated rings. The Bertz CT molecular complexity index is 125. The summed E-state index contributed by atoms with van der Waals surface area (Å²) < 4.78 is 5.13. The molecule has 0 aliphatic carbocycles. The highest BCUT2D eigenvalue weighted by Crippen LogP contribution is 2.19. The SMILES string of the molecule is [CH2]CCN1CCCCC1CCOC. The number of hydrogen-bond donors (Lipinski definition) is 0. The molecule has 0 bridgehead atoms. The van der Waals surface area contributed by atoms with Gasteiger partial charge in [0.25, 0.3) is 0 Å². The molecule has 13 heavy (non-hydrogen) atoms. The third kappa shape index (κ3) is 3.65. The van der Waals surface area contributed by atoms with E-state index in [0.717, 1.165) is 25.6 Å². The standard InChI is InChI=1S/C11H22NO/c1-3-8-12-9-5-4-6-11(12)7-10-13-2/h11H,1,3-10H2,2H3. The second-order valence-electron chi connectivity index (χ2n) is 3.82. The molecule has 0 aromatic heterocycles. The van der Waals surface area contributed by atoms with Crippen LogP contribution in [0.25, 0.3) is 0 Å². The summed E-state index contributed by atoms with van der Waals surface area (Å²) in [6.07, 6.45) is 6.33. The first kappa shape index (κ1) is 11.0. The Labute approximate surface area is 82.3 Å². The van der Waals surface area contributed by atoms with Gasteiger partial charge in [0, 0.05) is 19.8 Å². The van der Waals surface area contributed by atoms with Crippen molar-refractivity contribution in [1.29, 1.82) is 0 Å². The summed E-state index contributed by atoms with van der Waals surface area (Å²) in [5.41, 5.74) is 0. The van der Waals surface area contributed by atoms with Gasteiger partial charge in [-0.1, -0.05) is 13.3 Å². The highest BCUT2D eigenvalue weighted by molar-refractivity contribution is 4.76. The molecule has 1 atom stereocenters. The lowest BCUT2D eigenvalue weighted by atomic mass is 9.99. The van der Waals surface area contributed by atoms with Crippen molar-refractivity contribution in [2.45, 2.75) is 38.1 Å². The number of piperidine rings is 1. The van der Waals surface area contributed by atoms with Crippen LogP contribution < -0.4 is 0 Å². The van der Waals surface area contributed by atoms with Gasteiger partial charge in [0.2, 0.25) is 0 Å². The Kier molecular flexibility index (Phi) is 5.40. The van der Waals surface area contributed by atoms with Gasteiger partial charge >= 0.3 is 0 Å². The van der Waals surface area contributed by atoms with Crippen LogP contribution in [0.15, 0.2) is 0 Å². The van der Waals surface area contributed by atoms with Crippen molar-refractivity contribution >= 4 is 0 Å². The van der Waals surface area contributed by atoms with Gasteiger partial charge in [0.15, 0.2) is 0 Å². The fraction of sp³-hybridized carbons (Fsp3) is 0.909. The Morgan fingerprint density at radius 1 is 1.46 bits per heavy atom. The first-order chi connectivity index (χ1) is 6.38. The zero-order valence-corrected chi connectivity index (χ0v) is 8.80. The summed E-state index contributed by atoms with van der Waals surface area (Å²) >= 11 is 0. The predicted molar refractivity (Wildman–Crippen MR) is 55.7 cm³/mol. The van der Waals surface area contributed by atoms with E-state index < -0.39 is 0 Å². The van der Waals surface area contributed by atoms with Crippen molar-refractivity contribution in [3.63, 3.8) is 0 Å². The number of nitrogens with zero attached hydrogens (tertiary/aromatic N) is 1. The summed E-state index contributed by atoms with van der Waals surface area (Å²) in [5, 5.41) is 0. The lowest BCUT2D eigenvalue weighted by Gasteiger charge is -2.35. The molecule has 0 N–H and O–H groups in total. The zero-order valence-electron chi connectivity index (χ0n) is 8.80. The Morgan fingerprint density at radius 2 is 2.31 bits per heavy atom. The van der Waals surface area contributed by atoms with Crippen molar-refractivity contribution in [3.8, 4) is 0 Å². The summed E-state index contributed by atoms with van der Waals surface area (Å²) in [6, 6.07) is 0.760. The minimum atomic E-state index is 0.760. The number of likely N-dealkylation sites (tertiary alicyclic amines) is 1. The maximum atomic E-state index is 5.13. The van der Waals surface area contributed by atoms with Crippen LogP contribution in [-0.4, -0.2) is 37.7 Å². The van der Waals surface area contributed by atoms with Gasteiger partial charge in [-0.2, -0.15) is 0 Å². The van der Waals surface area contributed by atoms with Crippen LogP contribution in [0.4, 0.5) is 0 Å². The monoisotopic (exact) mass is 184 g/mol. The van der Waals surface area contributed by atoms with E-state index in [9.17, 15) is 0 Å². The van der Waals surface area contributed by atoms with E-state index in [1.165, 1.54) is 32.2 Å². The summed E-state index contributed by atoms with van der Waals surface area (Å²) in [4.78, 5) is 2.58. The largest absolute Gasteiger partial charge is 0.385 e. The molecule has 1 unspecified atom stereocenters. The molecule has 0 spiro atoms. The molecule has 0 amide bonds. The van der Waals surface area contributed by atoms with Gasteiger partial charge in [-0.3, -0.25) is 0 Å². The minimum Gasteiger partial charge on any atom is -0.385 e. The average molecular weight is 184 g/mol. The molecule has 0 aromatic carbocycles. The van der Waals surface area contributed by atoms with E-state index in [-0.39, 0.29) is 0 Å². The highest BCUT2D eigenvalue weighted by atomic mass is 16.5. The van der Waals surface area contributed by atoms with Crippen molar-refractivity contribution < 1.29 is 4.74 Å². The predicted octanol–water partition coefficient (Wildman–Crippen LogP) is 2.10. The quantitative estimate of drug-likeness (QED) is 0.649. The lowest BCUT2D eigenvalue weighted by Crippen LogP contribution is -2.40. The van der Waals surface area contributed by atoms with Gasteiger partial charge in [-0.15, -0.1) is 0 Å². The van der Waals surface area contributed by atoms with E-state index in [1.54, 1.807) is 7.11 Å². The normalized spacial score (nSPS) is 24.9. The van der Waals surface area contributed by atoms with Gasteiger partial charge in [0.1, 0.15) is 0 Å². The number of ether oxygens (including phenoxy) is 1. The number of rotatable bonds is 5. The van der Waals surface area contributed by atoms with Crippen LogP contribution in [0.5, 0.6) is 0 Å². The van der Waals surface area contributed by atoms with Gasteiger partial charge in [-0.05, 0) is 38.8 Å². The smallest absolute Gasteiger partial charge is 0.0477 e. The summed E-state index contributed by atoms with van der Waals surface area (Å²) in [7, 11) is 1.79. The second-order valence-corrected chi connectivity index (χ2v) is 3.82. The Balaban J connectivity index is 2.28. The highest BCUT2D eigenvalue weighted by Gasteiger charge is 2.20. The van der Waals surface area contributed by atoms with Crippen molar-refractivity contribution in [3.05, 3.63) is 6.92 Å². The van der Waals surface area contributed by atoms with Crippen molar-refractivity contribution in [1.82, 2.24) is 4.90 Å². The van der Waals surface area contributed by atoms with E-state index in [4.69, 9.17) is 4.74 Å². The van der Waals surface area contributed by atoms with Crippen LogP contribution in [0.3, 0.4) is 0 Å². The van der Waals surface area contributed by atoms with Gasteiger partial charge in [-0.25, -0.2) is 0 Å². The number of methoxy groups -OCH3 is 1. The van der Waals surface area contributed by atoms with E-state index in [1.807, 2.05) is 0 Å². The Morgan fingerprint density at radius 3 is 3.00 bits per heavy atom. The second kappa shape index (κ2) is 6.39. The molecule has 77 valence electrons. The lowest BCUT2D eigenvalue weighted by molar-refractivity contribution is 0.104. The number of hydrogen-bond acceptors (Lipinski definition) is 2. The van der Waals surface area contributed by atoms with E-state index >= 15 is 0 Å². The molecule has 1 saturated heterocycles. The first-order valence-electron chi connectivity index (χ1n) is 5.40. The molecule has 1 aliphatic rings. The maximum Gasteiger partial charge on any atom is 0.0477 e. The molecule has 2 heteroatoms.